The third-order valence-corrected chi connectivity index (χ3v) is 2.21. The molecule has 3 nitrogen and oxygen atoms in total. The maximum absolute atomic E-state index is 10.7. The van der Waals surface area contributed by atoms with Crippen molar-refractivity contribution >= 4 is 22.1 Å². The van der Waals surface area contributed by atoms with E-state index in [1.54, 1.807) is 12.1 Å². The van der Waals surface area contributed by atoms with Crippen molar-refractivity contribution in [1.82, 2.24) is 0 Å². The molecular weight excluding hydrogens is 148 g/mol. The van der Waals surface area contributed by atoms with Gasteiger partial charge in [0, 0.05) is 0 Å². The fourth-order valence-corrected chi connectivity index (χ4v) is 1.32. The topological polar surface area (TPSA) is 55.1 Å². The summed E-state index contributed by atoms with van der Waals surface area (Å²) in [5.74, 6) is 5.19. The van der Waals surface area contributed by atoms with Crippen LogP contribution in [0.4, 0.5) is 5.00 Å². The molecule has 1 heterocycles. The summed E-state index contributed by atoms with van der Waals surface area (Å²) in [5.41, 5.74) is 2.47. The highest BCUT2D eigenvalue weighted by Crippen LogP contribution is 2.20. The largest absolute Gasteiger partial charge is 0.315 e. The molecule has 0 saturated heterocycles. The summed E-state index contributed by atoms with van der Waals surface area (Å²) in [4.78, 5) is 11.4. The zero-order valence-electron chi connectivity index (χ0n) is 5.55. The van der Waals surface area contributed by atoms with Crippen LogP contribution in [0.2, 0.25) is 0 Å². The number of rotatable bonds is 2. The smallest absolute Gasteiger partial charge is 0.169 e. The van der Waals surface area contributed by atoms with E-state index in [4.69, 9.17) is 5.84 Å². The predicted octanol–water partition coefficient (Wildman–Crippen LogP) is 1.24. The summed E-state index contributed by atoms with van der Waals surface area (Å²) >= 11 is 1.36. The van der Waals surface area contributed by atoms with Crippen LogP contribution in [-0.4, -0.2) is 5.78 Å². The minimum absolute atomic E-state index is 0.0755. The molecule has 54 valence electrons. The first kappa shape index (κ1) is 7.24. The Morgan fingerprint density at radius 2 is 2.40 bits per heavy atom. The number of nitrogens with one attached hydrogen (secondary N) is 1. The molecule has 0 aliphatic rings. The van der Waals surface area contributed by atoms with E-state index in [0.717, 1.165) is 9.88 Å². The van der Waals surface area contributed by atoms with Crippen molar-refractivity contribution in [3.8, 4) is 0 Å². The number of thiophene rings is 1. The lowest BCUT2D eigenvalue weighted by atomic mass is 10.4. The lowest BCUT2D eigenvalue weighted by Gasteiger charge is -1.88. The average molecular weight is 156 g/mol. The van der Waals surface area contributed by atoms with E-state index < -0.39 is 0 Å². The molecule has 0 aliphatic carbocycles. The second-order valence-corrected chi connectivity index (χ2v) is 2.95. The van der Waals surface area contributed by atoms with Crippen LogP contribution < -0.4 is 11.3 Å². The molecular formula is C6H8N2OS. The number of hydrogen-bond acceptors (Lipinski definition) is 4. The first-order valence-corrected chi connectivity index (χ1v) is 3.63. The van der Waals surface area contributed by atoms with Crippen LogP contribution in [0.5, 0.6) is 0 Å². The number of hydrazine groups is 1. The summed E-state index contributed by atoms with van der Waals surface area (Å²) in [7, 11) is 0. The van der Waals surface area contributed by atoms with Gasteiger partial charge in [-0.1, -0.05) is 0 Å². The summed E-state index contributed by atoms with van der Waals surface area (Å²) in [6, 6.07) is 3.53. The minimum atomic E-state index is 0.0755. The van der Waals surface area contributed by atoms with Crippen molar-refractivity contribution in [2.45, 2.75) is 6.92 Å². The van der Waals surface area contributed by atoms with Gasteiger partial charge in [0.2, 0.25) is 0 Å². The highest BCUT2D eigenvalue weighted by Gasteiger charge is 2.01. The van der Waals surface area contributed by atoms with Crippen LogP contribution in [-0.2, 0) is 0 Å². The Hall–Kier alpha value is -0.870. The number of ketones is 1. The molecule has 0 fully saturated rings. The molecule has 0 bridgehead atoms. The molecule has 10 heavy (non-hydrogen) atoms. The van der Waals surface area contributed by atoms with Crippen molar-refractivity contribution in [1.29, 1.82) is 0 Å². The number of Topliss-reactive ketones (excluding diaryl/α,β-unsaturated/α-hetero) is 1. The van der Waals surface area contributed by atoms with Gasteiger partial charge in [-0.3, -0.25) is 4.79 Å². The molecule has 0 radical (unpaired) electrons. The van der Waals surface area contributed by atoms with Gasteiger partial charge in [0.15, 0.2) is 5.78 Å². The van der Waals surface area contributed by atoms with Crippen molar-refractivity contribution in [2.24, 2.45) is 5.84 Å². The van der Waals surface area contributed by atoms with E-state index in [2.05, 4.69) is 5.43 Å². The summed E-state index contributed by atoms with van der Waals surface area (Å²) < 4.78 is 0. The van der Waals surface area contributed by atoms with Crippen LogP contribution in [0.25, 0.3) is 0 Å². The monoisotopic (exact) mass is 156 g/mol. The SMILES string of the molecule is CC(=O)c1ccc(NN)s1. The normalized spacial score (nSPS) is 9.40. The van der Waals surface area contributed by atoms with Gasteiger partial charge in [-0.2, -0.15) is 0 Å². The van der Waals surface area contributed by atoms with E-state index in [0.29, 0.717) is 0 Å². The van der Waals surface area contributed by atoms with Gasteiger partial charge in [-0.25, -0.2) is 5.84 Å². The summed E-state index contributed by atoms with van der Waals surface area (Å²) in [6.45, 7) is 1.53. The highest BCUT2D eigenvalue weighted by atomic mass is 32.1. The van der Waals surface area contributed by atoms with Crippen LogP contribution in [0.3, 0.4) is 0 Å². The molecule has 0 aliphatic heterocycles. The fourth-order valence-electron chi connectivity index (χ4n) is 0.605. The molecule has 0 aromatic carbocycles. The van der Waals surface area contributed by atoms with Crippen LogP contribution in [0.1, 0.15) is 16.6 Å². The van der Waals surface area contributed by atoms with Gasteiger partial charge in [0.1, 0.15) is 5.00 Å². The molecule has 1 aromatic heterocycles. The van der Waals surface area contributed by atoms with Crippen molar-refractivity contribution in [3.05, 3.63) is 17.0 Å². The maximum Gasteiger partial charge on any atom is 0.169 e. The van der Waals surface area contributed by atoms with Gasteiger partial charge < -0.3 is 5.43 Å². The molecule has 0 atom stereocenters. The first-order chi connectivity index (χ1) is 4.74. The van der Waals surface area contributed by atoms with Crippen LogP contribution in [0.15, 0.2) is 12.1 Å². The van der Waals surface area contributed by atoms with Gasteiger partial charge in [-0.05, 0) is 19.1 Å². The number of hydrogen-bond donors (Lipinski definition) is 2. The zero-order chi connectivity index (χ0) is 7.56. The van der Waals surface area contributed by atoms with Gasteiger partial charge >= 0.3 is 0 Å². The number of carbonyl (C=O) groups excluding carboxylic acids is 1. The Labute approximate surface area is 62.8 Å². The van der Waals surface area contributed by atoms with Crippen LogP contribution >= 0.6 is 11.3 Å². The number of carbonyl (C=O) groups is 1. The predicted molar refractivity (Wildman–Crippen MR) is 42.1 cm³/mol. The molecule has 0 amide bonds. The molecule has 4 heteroatoms. The summed E-state index contributed by atoms with van der Waals surface area (Å²) in [5, 5.41) is 0.810. The van der Waals surface area contributed by atoms with E-state index in [9.17, 15) is 4.79 Å². The van der Waals surface area contributed by atoms with Gasteiger partial charge in [0.25, 0.3) is 0 Å². The molecule has 0 saturated carbocycles. The molecule has 0 spiro atoms. The third-order valence-electron chi connectivity index (χ3n) is 1.10. The molecule has 3 N–H and O–H groups in total. The van der Waals surface area contributed by atoms with Crippen molar-refractivity contribution in [2.75, 3.05) is 5.43 Å². The van der Waals surface area contributed by atoms with Gasteiger partial charge in [-0.15, -0.1) is 11.3 Å². The molecule has 1 rings (SSSR count). The highest BCUT2D eigenvalue weighted by molar-refractivity contribution is 7.17. The standard InChI is InChI=1S/C6H8N2OS/c1-4(9)5-2-3-6(8-7)10-5/h2-3,8H,7H2,1H3. The maximum atomic E-state index is 10.7. The number of nitrogen functional groups attached to an aromatic ring is 1. The lowest BCUT2D eigenvalue weighted by molar-refractivity contribution is 0.102. The minimum Gasteiger partial charge on any atom is -0.315 e. The Morgan fingerprint density at radius 1 is 1.70 bits per heavy atom. The van der Waals surface area contributed by atoms with Crippen LogP contribution in [0, 0.1) is 0 Å². The second-order valence-electron chi connectivity index (χ2n) is 1.86. The zero-order valence-corrected chi connectivity index (χ0v) is 6.37. The second kappa shape index (κ2) is 2.81. The Balaban J connectivity index is 2.88. The molecule has 1 aromatic rings. The number of nitrogens with two attached hydrogens (primary N) is 1. The Morgan fingerprint density at radius 3 is 2.70 bits per heavy atom. The fraction of sp³-hybridized carbons (Fsp3) is 0.167. The summed E-state index contributed by atoms with van der Waals surface area (Å²) in [6.07, 6.45) is 0. The van der Waals surface area contributed by atoms with E-state index in [1.165, 1.54) is 18.3 Å². The third kappa shape index (κ3) is 1.34. The van der Waals surface area contributed by atoms with Crippen molar-refractivity contribution in [3.63, 3.8) is 0 Å². The van der Waals surface area contributed by atoms with E-state index in [1.807, 2.05) is 0 Å². The van der Waals surface area contributed by atoms with Crippen molar-refractivity contribution < 1.29 is 4.79 Å². The Bertz CT molecular complexity index is 244. The molecule has 0 unspecified atom stereocenters. The first-order valence-electron chi connectivity index (χ1n) is 2.81. The lowest BCUT2D eigenvalue weighted by Crippen LogP contribution is -2.04. The Kier molecular flexibility index (Phi) is 2.03. The average Bonchev–Trinajstić information content (AvgIpc) is 2.34. The van der Waals surface area contributed by atoms with E-state index >= 15 is 0 Å². The quantitative estimate of drug-likeness (QED) is 0.385. The van der Waals surface area contributed by atoms with Gasteiger partial charge in [0.05, 0.1) is 4.88 Å². The number of anilines is 1. The van der Waals surface area contributed by atoms with E-state index in [-0.39, 0.29) is 5.78 Å².